The van der Waals surface area contributed by atoms with Gasteiger partial charge in [-0.05, 0) is 42.8 Å². The molecule has 11 heteroatoms. The van der Waals surface area contributed by atoms with Crippen molar-refractivity contribution in [1.29, 1.82) is 5.26 Å². The molecule has 2 amide bonds. The minimum Gasteiger partial charge on any atom is -0.367 e. The summed E-state index contributed by atoms with van der Waals surface area (Å²) in [6, 6.07) is 14.5. The molecule has 0 bridgehead atoms. The van der Waals surface area contributed by atoms with Crippen molar-refractivity contribution in [3.05, 3.63) is 77.1 Å². The second-order valence-electron chi connectivity index (χ2n) is 8.03. The lowest BCUT2D eigenvalue weighted by molar-refractivity contribution is -0.176. The highest BCUT2D eigenvalue weighted by atomic mass is 19.4. The minimum atomic E-state index is -4.40. The maximum atomic E-state index is 13.4. The van der Waals surface area contributed by atoms with E-state index in [0.717, 1.165) is 0 Å². The number of hydrogen-bond acceptors (Lipinski definition) is 5. The molecule has 0 aliphatic carbocycles. The van der Waals surface area contributed by atoms with E-state index in [1.54, 1.807) is 42.5 Å². The third kappa shape index (κ3) is 5.33. The number of nitrogens with zero attached hydrogens (tertiary/aromatic N) is 4. The number of nitrogens with one attached hydrogen (secondary N) is 1. The lowest BCUT2D eigenvalue weighted by Crippen LogP contribution is -2.47. The second kappa shape index (κ2) is 9.60. The van der Waals surface area contributed by atoms with Crippen LogP contribution in [0.5, 0.6) is 0 Å². The third-order valence-electron chi connectivity index (χ3n) is 5.38. The van der Waals surface area contributed by atoms with Gasteiger partial charge in [-0.2, -0.15) is 23.5 Å². The van der Waals surface area contributed by atoms with Crippen molar-refractivity contribution < 1.29 is 27.5 Å². The minimum absolute atomic E-state index is 0.0893. The first-order valence-electron chi connectivity index (χ1n) is 10.6. The Morgan fingerprint density at radius 1 is 1.26 bits per heavy atom. The first-order valence-corrected chi connectivity index (χ1v) is 10.6. The predicted molar refractivity (Wildman–Crippen MR) is 120 cm³/mol. The molecule has 0 radical (unpaired) electrons. The van der Waals surface area contributed by atoms with Gasteiger partial charge >= 0.3 is 6.18 Å². The fourth-order valence-corrected chi connectivity index (χ4v) is 3.84. The van der Waals surface area contributed by atoms with Gasteiger partial charge in [0.15, 0.2) is 0 Å². The van der Waals surface area contributed by atoms with Crippen molar-refractivity contribution in [3.8, 4) is 6.07 Å². The zero-order valence-electron chi connectivity index (χ0n) is 18.5. The number of ether oxygens (including phenoxy) is 1. The maximum absolute atomic E-state index is 13.4. The Kier molecular flexibility index (Phi) is 6.57. The summed E-state index contributed by atoms with van der Waals surface area (Å²) in [6.45, 7) is 0.615. The van der Waals surface area contributed by atoms with Gasteiger partial charge in [-0.15, -0.1) is 0 Å². The molecule has 180 valence electrons. The largest absolute Gasteiger partial charge is 0.411 e. The molecule has 0 unspecified atom stereocenters. The molecule has 35 heavy (non-hydrogen) atoms. The molecule has 0 fully saturated rings. The van der Waals surface area contributed by atoms with Crippen LogP contribution in [0.3, 0.4) is 0 Å². The first-order chi connectivity index (χ1) is 16.7. The average molecular weight is 483 g/mol. The van der Waals surface area contributed by atoms with E-state index >= 15 is 0 Å². The molecule has 4 rings (SSSR count). The molecule has 0 saturated carbocycles. The maximum Gasteiger partial charge on any atom is 0.411 e. The molecule has 1 atom stereocenters. The van der Waals surface area contributed by atoms with Gasteiger partial charge in [0.1, 0.15) is 12.3 Å². The Morgan fingerprint density at radius 3 is 2.69 bits per heavy atom. The van der Waals surface area contributed by atoms with E-state index in [1.807, 2.05) is 13.0 Å². The lowest BCUT2D eigenvalue weighted by atomic mass is 10.1. The molecular formula is C24H20F3N5O3. The SMILES string of the molecule is C[C@H]1Cn2ncc(C(=O)Nc3cccc(C#N)c3)c2C(=O)N1c1ccc(COCC(F)(F)F)cc1. The molecule has 1 aliphatic rings. The fraction of sp³-hybridized carbons (Fsp3) is 0.250. The molecule has 3 aromatic rings. The van der Waals surface area contributed by atoms with Crippen LogP contribution in [0.15, 0.2) is 54.7 Å². The van der Waals surface area contributed by atoms with Gasteiger partial charge in [-0.3, -0.25) is 14.3 Å². The molecule has 1 aromatic heterocycles. The number of rotatable bonds is 6. The number of aromatic nitrogens is 2. The molecule has 0 saturated heterocycles. The topological polar surface area (TPSA) is 100 Å². The van der Waals surface area contributed by atoms with Gasteiger partial charge in [0.05, 0.1) is 42.6 Å². The molecule has 1 N–H and O–H groups in total. The number of carbonyl (C=O) groups is 2. The Hall–Kier alpha value is -4.17. The number of carbonyl (C=O) groups excluding carboxylic acids is 2. The van der Waals surface area contributed by atoms with Gasteiger partial charge in [0, 0.05) is 11.4 Å². The molecule has 0 spiro atoms. The predicted octanol–water partition coefficient (Wildman–Crippen LogP) is 4.13. The highest BCUT2D eigenvalue weighted by molar-refractivity contribution is 6.15. The van der Waals surface area contributed by atoms with E-state index in [-0.39, 0.29) is 23.9 Å². The van der Waals surface area contributed by atoms with Gasteiger partial charge in [-0.25, -0.2) is 0 Å². The summed E-state index contributed by atoms with van der Waals surface area (Å²) in [7, 11) is 0. The van der Waals surface area contributed by atoms with Crippen LogP contribution in [0.1, 0.15) is 38.9 Å². The molecule has 1 aliphatic heterocycles. The number of fused-ring (bicyclic) bond motifs is 1. The molecule has 2 aromatic carbocycles. The zero-order chi connectivity index (χ0) is 25.2. The Morgan fingerprint density at radius 2 is 2.00 bits per heavy atom. The number of anilines is 2. The summed E-state index contributed by atoms with van der Waals surface area (Å²) in [6.07, 6.45) is -3.07. The van der Waals surface area contributed by atoms with Crippen LogP contribution in [0.4, 0.5) is 24.5 Å². The number of benzene rings is 2. The normalized spacial score (nSPS) is 15.5. The van der Waals surface area contributed by atoms with Gasteiger partial charge in [0.2, 0.25) is 0 Å². The standard InChI is InChI=1S/C24H20F3N5O3/c1-15-12-31-21(20(11-29-31)22(33)30-18-4-2-3-17(9-18)10-28)23(34)32(15)19-7-5-16(6-8-19)13-35-14-24(25,26)27/h2-9,11,15H,12-14H2,1H3,(H,30,33)/t15-/m0/s1. The summed E-state index contributed by atoms with van der Waals surface area (Å²) in [5.41, 5.74) is 2.05. The first kappa shape index (κ1) is 24.0. The molecule has 2 heterocycles. The van der Waals surface area contributed by atoms with E-state index in [1.165, 1.54) is 21.8 Å². The van der Waals surface area contributed by atoms with Crippen molar-refractivity contribution in [2.75, 3.05) is 16.8 Å². The van der Waals surface area contributed by atoms with Crippen LogP contribution >= 0.6 is 0 Å². The van der Waals surface area contributed by atoms with Crippen LogP contribution in [-0.2, 0) is 17.9 Å². The number of alkyl halides is 3. The fourth-order valence-electron chi connectivity index (χ4n) is 3.84. The summed E-state index contributed by atoms with van der Waals surface area (Å²) >= 11 is 0. The summed E-state index contributed by atoms with van der Waals surface area (Å²) in [5, 5.41) is 15.9. The Balaban J connectivity index is 1.53. The van der Waals surface area contributed by atoms with Crippen molar-refractivity contribution in [1.82, 2.24) is 9.78 Å². The number of amides is 2. The number of hydrogen-bond donors (Lipinski definition) is 1. The summed E-state index contributed by atoms with van der Waals surface area (Å²) < 4.78 is 43.0. The zero-order valence-corrected chi connectivity index (χ0v) is 18.5. The van der Waals surface area contributed by atoms with Crippen molar-refractivity contribution in [3.63, 3.8) is 0 Å². The van der Waals surface area contributed by atoms with E-state index in [4.69, 9.17) is 5.26 Å². The van der Waals surface area contributed by atoms with Crippen molar-refractivity contribution in [2.45, 2.75) is 32.3 Å². The quantitative estimate of drug-likeness (QED) is 0.568. The summed E-state index contributed by atoms with van der Waals surface area (Å²) in [5.74, 6) is -0.973. The highest BCUT2D eigenvalue weighted by Crippen LogP contribution is 2.28. The van der Waals surface area contributed by atoms with E-state index in [0.29, 0.717) is 29.0 Å². The number of nitriles is 1. The average Bonchev–Trinajstić information content (AvgIpc) is 3.23. The van der Waals surface area contributed by atoms with E-state index in [9.17, 15) is 22.8 Å². The van der Waals surface area contributed by atoms with Gasteiger partial charge in [0.25, 0.3) is 11.8 Å². The highest BCUT2D eigenvalue weighted by Gasteiger charge is 2.36. The molecular weight excluding hydrogens is 463 g/mol. The summed E-state index contributed by atoms with van der Waals surface area (Å²) in [4.78, 5) is 27.9. The van der Waals surface area contributed by atoms with Crippen LogP contribution in [0.2, 0.25) is 0 Å². The van der Waals surface area contributed by atoms with Crippen LogP contribution < -0.4 is 10.2 Å². The lowest BCUT2D eigenvalue weighted by Gasteiger charge is -2.34. The van der Waals surface area contributed by atoms with Crippen LogP contribution in [0, 0.1) is 11.3 Å². The van der Waals surface area contributed by atoms with Crippen molar-refractivity contribution in [2.24, 2.45) is 0 Å². The van der Waals surface area contributed by atoms with Crippen LogP contribution in [-0.4, -0.2) is 40.4 Å². The van der Waals surface area contributed by atoms with Crippen molar-refractivity contribution >= 4 is 23.2 Å². The molecule has 8 nitrogen and oxygen atoms in total. The second-order valence-corrected chi connectivity index (χ2v) is 8.03. The van der Waals surface area contributed by atoms with E-state index in [2.05, 4.69) is 15.2 Å². The number of halogens is 3. The van der Waals surface area contributed by atoms with Gasteiger partial charge in [-0.1, -0.05) is 18.2 Å². The third-order valence-corrected chi connectivity index (χ3v) is 5.38. The monoisotopic (exact) mass is 483 g/mol. The van der Waals surface area contributed by atoms with Gasteiger partial charge < -0.3 is 15.0 Å². The smallest absolute Gasteiger partial charge is 0.367 e. The van der Waals surface area contributed by atoms with E-state index < -0.39 is 24.6 Å². The Bertz CT molecular complexity index is 1290. The van der Waals surface area contributed by atoms with Crippen LogP contribution in [0.25, 0.3) is 0 Å². The Labute approximate surface area is 198 Å².